The molecular weight excluding hydrogens is 314 g/mol. The van der Waals surface area contributed by atoms with Crippen LogP contribution in [-0.4, -0.2) is 37.9 Å². The van der Waals surface area contributed by atoms with Gasteiger partial charge in [-0.2, -0.15) is 5.10 Å². The lowest BCUT2D eigenvalue weighted by atomic mass is 10.2. The molecule has 0 fully saturated rings. The van der Waals surface area contributed by atoms with E-state index in [1.165, 1.54) is 0 Å². The Morgan fingerprint density at radius 2 is 2.38 bits per heavy atom. The van der Waals surface area contributed by atoms with E-state index in [1.807, 2.05) is 6.92 Å². The van der Waals surface area contributed by atoms with Gasteiger partial charge in [0.05, 0.1) is 17.8 Å². The second-order valence-electron chi connectivity index (χ2n) is 4.44. The zero-order valence-corrected chi connectivity index (χ0v) is 13.3. The van der Waals surface area contributed by atoms with E-state index >= 15 is 0 Å². The van der Waals surface area contributed by atoms with Crippen LogP contribution in [0.3, 0.4) is 0 Å². The Balaban J connectivity index is 1.90. The highest BCUT2D eigenvalue weighted by Crippen LogP contribution is 2.39. The standard InChI is InChI=1S/C13H16ClN3O3S/c1-8(6-18-2)16-13(21)17-15-5-9-3-10(14)12-11(4-9)19-7-20-12/h3-5,8H,6-7H2,1-2H3,(H2,16,17,21)/b15-5-/t8-/m0/s1. The van der Waals surface area contributed by atoms with Gasteiger partial charge in [0.25, 0.3) is 0 Å². The third-order valence-corrected chi connectivity index (χ3v) is 3.11. The average Bonchev–Trinajstić information content (AvgIpc) is 2.87. The van der Waals surface area contributed by atoms with E-state index in [-0.39, 0.29) is 12.8 Å². The molecule has 1 aromatic carbocycles. The zero-order valence-electron chi connectivity index (χ0n) is 11.7. The number of nitrogens with zero attached hydrogens (tertiary/aromatic N) is 1. The number of benzene rings is 1. The Labute approximate surface area is 133 Å². The first-order chi connectivity index (χ1) is 10.1. The maximum atomic E-state index is 6.08. The van der Waals surface area contributed by atoms with Crippen LogP contribution in [0.25, 0.3) is 0 Å². The maximum Gasteiger partial charge on any atom is 0.231 e. The maximum absolute atomic E-state index is 6.08. The van der Waals surface area contributed by atoms with Gasteiger partial charge in [0.15, 0.2) is 16.6 Å². The predicted octanol–water partition coefficient (Wildman–Crippen LogP) is 1.90. The fourth-order valence-electron chi connectivity index (χ4n) is 1.78. The molecule has 1 atom stereocenters. The van der Waals surface area contributed by atoms with Crippen LogP contribution < -0.4 is 20.2 Å². The number of fused-ring (bicyclic) bond motifs is 1. The third-order valence-electron chi connectivity index (χ3n) is 2.62. The molecule has 0 saturated heterocycles. The number of hydrazone groups is 1. The Morgan fingerprint density at radius 1 is 1.57 bits per heavy atom. The molecule has 0 amide bonds. The van der Waals surface area contributed by atoms with Gasteiger partial charge >= 0.3 is 0 Å². The van der Waals surface area contributed by atoms with Crippen molar-refractivity contribution in [2.24, 2.45) is 5.10 Å². The van der Waals surface area contributed by atoms with Crippen molar-refractivity contribution in [1.82, 2.24) is 10.7 Å². The molecule has 1 aliphatic heterocycles. The first kappa shape index (κ1) is 15.8. The van der Waals surface area contributed by atoms with Crippen LogP contribution in [0.1, 0.15) is 12.5 Å². The first-order valence-electron chi connectivity index (χ1n) is 6.28. The van der Waals surface area contributed by atoms with Crippen molar-refractivity contribution in [3.63, 3.8) is 0 Å². The number of thiocarbonyl (C=S) groups is 1. The summed E-state index contributed by atoms with van der Waals surface area (Å²) in [7, 11) is 1.64. The van der Waals surface area contributed by atoms with Crippen molar-refractivity contribution in [2.45, 2.75) is 13.0 Å². The number of nitrogens with one attached hydrogen (secondary N) is 2. The highest BCUT2D eigenvalue weighted by atomic mass is 35.5. The molecule has 6 nitrogen and oxygen atoms in total. The summed E-state index contributed by atoms with van der Waals surface area (Å²) < 4.78 is 15.5. The van der Waals surface area contributed by atoms with E-state index < -0.39 is 0 Å². The van der Waals surface area contributed by atoms with Crippen molar-refractivity contribution in [2.75, 3.05) is 20.5 Å². The SMILES string of the molecule is COC[C@H](C)NC(=S)N/N=C\c1cc(Cl)c2c(c1)OCO2. The molecule has 0 aromatic heterocycles. The van der Waals surface area contributed by atoms with E-state index in [4.69, 9.17) is 38.0 Å². The van der Waals surface area contributed by atoms with Gasteiger partial charge in [0, 0.05) is 13.2 Å². The quantitative estimate of drug-likeness (QED) is 0.489. The lowest BCUT2D eigenvalue weighted by molar-refractivity contribution is 0.174. The summed E-state index contributed by atoms with van der Waals surface area (Å²) in [5.41, 5.74) is 3.51. The molecule has 2 N–H and O–H groups in total. The van der Waals surface area contributed by atoms with E-state index in [0.29, 0.717) is 28.2 Å². The van der Waals surface area contributed by atoms with Gasteiger partial charge in [-0.1, -0.05) is 11.6 Å². The summed E-state index contributed by atoms with van der Waals surface area (Å²) in [5, 5.41) is 7.98. The van der Waals surface area contributed by atoms with Gasteiger partial charge in [-0.25, -0.2) is 0 Å². The van der Waals surface area contributed by atoms with Crippen LogP contribution in [0.5, 0.6) is 11.5 Å². The fourth-order valence-corrected chi connectivity index (χ4v) is 2.30. The predicted molar refractivity (Wildman–Crippen MR) is 85.4 cm³/mol. The van der Waals surface area contributed by atoms with Crippen molar-refractivity contribution >= 4 is 35.1 Å². The molecule has 2 rings (SSSR count). The van der Waals surface area contributed by atoms with Crippen LogP contribution >= 0.6 is 23.8 Å². The molecule has 0 radical (unpaired) electrons. The molecule has 114 valence electrons. The molecule has 0 spiro atoms. The molecule has 0 aliphatic carbocycles. The topological polar surface area (TPSA) is 64.1 Å². The largest absolute Gasteiger partial charge is 0.454 e. The lowest BCUT2D eigenvalue weighted by Crippen LogP contribution is -2.40. The summed E-state index contributed by atoms with van der Waals surface area (Å²) in [4.78, 5) is 0. The monoisotopic (exact) mass is 329 g/mol. The molecule has 21 heavy (non-hydrogen) atoms. The normalized spacial score (nSPS) is 14.2. The number of ether oxygens (including phenoxy) is 3. The first-order valence-corrected chi connectivity index (χ1v) is 7.06. The number of rotatable bonds is 5. The zero-order chi connectivity index (χ0) is 15.2. The Morgan fingerprint density at radius 3 is 3.14 bits per heavy atom. The van der Waals surface area contributed by atoms with Gasteiger partial charge in [-0.3, -0.25) is 5.43 Å². The third kappa shape index (κ3) is 4.45. The lowest BCUT2D eigenvalue weighted by Gasteiger charge is -2.13. The van der Waals surface area contributed by atoms with Gasteiger partial charge in [0.1, 0.15) is 0 Å². The Bertz CT molecular complexity index is 554. The second kappa shape index (κ2) is 7.44. The Kier molecular flexibility index (Phi) is 5.60. The van der Waals surface area contributed by atoms with Crippen molar-refractivity contribution < 1.29 is 14.2 Å². The Hall–Kier alpha value is -1.57. The number of hydrogen-bond acceptors (Lipinski definition) is 5. The van der Waals surface area contributed by atoms with Crippen molar-refractivity contribution in [3.8, 4) is 11.5 Å². The number of hydrogen-bond donors (Lipinski definition) is 2. The van der Waals surface area contributed by atoms with Crippen molar-refractivity contribution in [3.05, 3.63) is 22.7 Å². The number of methoxy groups -OCH3 is 1. The van der Waals surface area contributed by atoms with Crippen molar-refractivity contribution in [1.29, 1.82) is 0 Å². The van der Waals surface area contributed by atoms with Gasteiger partial charge in [0.2, 0.25) is 6.79 Å². The van der Waals surface area contributed by atoms with Crippen LogP contribution in [0.2, 0.25) is 5.02 Å². The summed E-state index contributed by atoms with van der Waals surface area (Å²) in [6.45, 7) is 2.70. The van der Waals surface area contributed by atoms with E-state index in [1.54, 1.807) is 25.5 Å². The van der Waals surface area contributed by atoms with Crippen LogP contribution in [-0.2, 0) is 4.74 Å². The molecule has 1 aliphatic rings. The van der Waals surface area contributed by atoms with E-state index in [2.05, 4.69) is 15.8 Å². The summed E-state index contributed by atoms with van der Waals surface area (Å²) in [6, 6.07) is 3.64. The van der Waals surface area contributed by atoms with E-state index in [9.17, 15) is 0 Å². The molecule has 0 unspecified atom stereocenters. The smallest absolute Gasteiger partial charge is 0.231 e. The van der Waals surface area contributed by atoms with Crippen LogP contribution in [0.4, 0.5) is 0 Å². The van der Waals surface area contributed by atoms with Gasteiger partial charge in [-0.15, -0.1) is 0 Å². The van der Waals surface area contributed by atoms with Crippen LogP contribution in [0.15, 0.2) is 17.2 Å². The highest BCUT2D eigenvalue weighted by Gasteiger charge is 2.17. The molecule has 0 saturated carbocycles. The fraction of sp³-hybridized carbons (Fsp3) is 0.385. The second-order valence-corrected chi connectivity index (χ2v) is 5.25. The summed E-state index contributed by atoms with van der Waals surface area (Å²) in [6.07, 6.45) is 1.60. The number of halogens is 1. The molecular formula is C13H16ClN3O3S. The summed E-state index contributed by atoms with van der Waals surface area (Å²) >= 11 is 11.2. The van der Waals surface area contributed by atoms with E-state index in [0.717, 1.165) is 5.56 Å². The minimum absolute atomic E-state index is 0.102. The molecule has 1 aromatic rings. The minimum Gasteiger partial charge on any atom is -0.454 e. The highest BCUT2D eigenvalue weighted by molar-refractivity contribution is 7.80. The summed E-state index contributed by atoms with van der Waals surface area (Å²) in [5.74, 6) is 1.17. The van der Waals surface area contributed by atoms with Gasteiger partial charge in [-0.05, 0) is 36.8 Å². The van der Waals surface area contributed by atoms with Gasteiger partial charge < -0.3 is 19.5 Å². The average molecular weight is 330 g/mol. The van der Waals surface area contributed by atoms with Crippen LogP contribution in [0, 0.1) is 0 Å². The minimum atomic E-state index is 0.102. The molecule has 1 heterocycles. The molecule has 8 heteroatoms. The molecule has 0 bridgehead atoms.